The molecule has 8 heteroatoms. The first-order valence-electron chi connectivity index (χ1n) is 8.85. The molecule has 148 valence electrons. The van der Waals surface area contributed by atoms with Crippen LogP contribution < -0.4 is 0 Å². The quantitative estimate of drug-likeness (QED) is 0.727. The summed E-state index contributed by atoms with van der Waals surface area (Å²) in [6.45, 7) is 2.46. The summed E-state index contributed by atoms with van der Waals surface area (Å²) >= 11 is 0. The molecule has 8 nitrogen and oxygen atoms in total. The predicted octanol–water partition coefficient (Wildman–Crippen LogP) is 2.74. The molecule has 4 rings (SSSR count). The van der Waals surface area contributed by atoms with Gasteiger partial charge in [0.15, 0.2) is 0 Å². The van der Waals surface area contributed by atoms with Gasteiger partial charge in [-0.3, -0.25) is 9.59 Å². The predicted molar refractivity (Wildman–Crippen MR) is 95.5 cm³/mol. The van der Waals surface area contributed by atoms with E-state index in [1.54, 1.807) is 36.4 Å². The van der Waals surface area contributed by atoms with Gasteiger partial charge in [0.05, 0.1) is 11.1 Å². The van der Waals surface area contributed by atoms with Gasteiger partial charge in [-0.25, -0.2) is 9.59 Å². The highest BCUT2D eigenvalue weighted by Gasteiger charge is 2.37. The Morgan fingerprint density at radius 1 is 0.793 bits per heavy atom. The second kappa shape index (κ2) is 7.05. The average Bonchev–Trinajstić information content (AvgIpc) is 3.13. The standard InChI is InChI=1S/C21H16O8/c1-10(22)26-20-14-7-3-5-12(16(14)18(24)28-20)9-13-6-4-8-15-17(13)19(25)29-21(15)27-11(2)23/h3-8,20-21H,9H2,1-2H3. The molecule has 0 aliphatic carbocycles. The summed E-state index contributed by atoms with van der Waals surface area (Å²) in [4.78, 5) is 47.3. The number of hydrogen-bond acceptors (Lipinski definition) is 8. The lowest BCUT2D eigenvalue weighted by Gasteiger charge is -2.11. The number of carbonyl (C=O) groups excluding carboxylic acids is 4. The van der Waals surface area contributed by atoms with Crippen LogP contribution in [0.25, 0.3) is 0 Å². The fourth-order valence-electron chi connectivity index (χ4n) is 3.55. The lowest BCUT2D eigenvalue weighted by Crippen LogP contribution is -2.07. The highest BCUT2D eigenvalue weighted by Crippen LogP contribution is 2.37. The van der Waals surface area contributed by atoms with E-state index in [0.29, 0.717) is 33.4 Å². The SMILES string of the molecule is CC(=O)OC1OC(=O)c2c(Cc3cccc4c3C(=O)OC4OC(C)=O)cccc21. The number of cyclic esters (lactones) is 2. The summed E-state index contributed by atoms with van der Waals surface area (Å²) < 4.78 is 20.4. The first kappa shape index (κ1) is 18.7. The van der Waals surface area contributed by atoms with E-state index in [4.69, 9.17) is 18.9 Å². The number of ether oxygens (including phenoxy) is 4. The first-order chi connectivity index (χ1) is 13.8. The van der Waals surface area contributed by atoms with Crippen molar-refractivity contribution in [3.05, 3.63) is 69.8 Å². The fourth-order valence-corrected chi connectivity index (χ4v) is 3.55. The Morgan fingerprint density at radius 2 is 1.21 bits per heavy atom. The Hall–Kier alpha value is -3.68. The van der Waals surface area contributed by atoms with Crippen molar-refractivity contribution >= 4 is 23.9 Å². The van der Waals surface area contributed by atoms with Crippen molar-refractivity contribution < 1.29 is 38.1 Å². The van der Waals surface area contributed by atoms with E-state index in [1.807, 2.05) is 0 Å². The normalized spacial score (nSPS) is 19.1. The molecule has 2 aliphatic heterocycles. The van der Waals surface area contributed by atoms with Crippen molar-refractivity contribution in [2.75, 3.05) is 0 Å². The molecule has 0 bridgehead atoms. The molecule has 0 saturated heterocycles. The van der Waals surface area contributed by atoms with Crippen LogP contribution in [0.5, 0.6) is 0 Å². The van der Waals surface area contributed by atoms with Crippen LogP contribution in [0.4, 0.5) is 0 Å². The van der Waals surface area contributed by atoms with Crippen LogP contribution in [0.15, 0.2) is 36.4 Å². The monoisotopic (exact) mass is 396 g/mol. The number of benzene rings is 2. The summed E-state index contributed by atoms with van der Waals surface area (Å²) in [6, 6.07) is 10.2. The third kappa shape index (κ3) is 3.33. The Balaban J connectivity index is 1.71. The maximum Gasteiger partial charge on any atom is 0.342 e. The van der Waals surface area contributed by atoms with Crippen LogP contribution in [-0.4, -0.2) is 23.9 Å². The second-order valence-corrected chi connectivity index (χ2v) is 6.63. The van der Waals surface area contributed by atoms with E-state index in [0.717, 1.165) is 0 Å². The van der Waals surface area contributed by atoms with Crippen molar-refractivity contribution in [2.45, 2.75) is 32.8 Å². The van der Waals surface area contributed by atoms with Crippen LogP contribution in [0.3, 0.4) is 0 Å². The summed E-state index contributed by atoms with van der Waals surface area (Å²) in [5.74, 6) is -2.34. The lowest BCUT2D eigenvalue weighted by molar-refractivity contribution is -0.166. The molecule has 0 spiro atoms. The summed E-state index contributed by atoms with van der Waals surface area (Å²) in [7, 11) is 0. The minimum atomic E-state index is -1.09. The molecule has 0 amide bonds. The molecule has 2 aliphatic rings. The molecule has 2 heterocycles. The van der Waals surface area contributed by atoms with E-state index in [-0.39, 0.29) is 6.42 Å². The average molecular weight is 396 g/mol. The van der Waals surface area contributed by atoms with E-state index >= 15 is 0 Å². The van der Waals surface area contributed by atoms with E-state index in [1.165, 1.54) is 13.8 Å². The number of rotatable bonds is 4. The number of hydrogen-bond donors (Lipinski definition) is 0. The molecule has 2 unspecified atom stereocenters. The Kier molecular flexibility index (Phi) is 4.54. The third-order valence-corrected chi connectivity index (χ3v) is 4.64. The summed E-state index contributed by atoms with van der Waals surface area (Å²) in [6.07, 6.45) is -1.94. The van der Waals surface area contributed by atoms with Crippen LogP contribution in [0, 0.1) is 0 Å². The Labute approximate surface area is 165 Å². The molecule has 0 radical (unpaired) electrons. The molecule has 2 atom stereocenters. The number of fused-ring (bicyclic) bond motifs is 2. The van der Waals surface area contributed by atoms with Gasteiger partial charge >= 0.3 is 23.9 Å². The zero-order valence-corrected chi connectivity index (χ0v) is 15.6. The number of esters is 4. The molecular weight excluding hydrogens is 380 g/mol. The van der Waals surface area contributed by atoms with Crippen molar-refractivity contribution in [1.82, 2.24) is 0 Å². The second-order valence-electron chi connectivity index (χ2n) is 6.63. The Morgan fingerprint density at radius 3 is 1.59 bits per heavy atom. The van der Waals surface area contributed by atoms with Gasteiger partial charge in [-0.1, -0.05) is 36.4 Å². The highest BCUT2D eigenvalue weighted by molar-refractivity contribution is 5.97. The zero-order valence-electron chi connectivity index (χ0n) is 15.6. The smallest absolute Gasteiger partial charge is 0.342 e. The molecule has 0 N–H and O–H groups in total. The topological polar surface area (TPSA) is 105 Å². The van der Waals surface area contributed by atoms with Gasteiger partial charge < -0.3 is 18.9 Å². The molecule has 0 saturated carbocycles. The molecule has 2 aromatic rings. The van der Waals surface area contributed by atoms with Crippen molar-refractivity contribution in [2.24, 2.45) is 0 Å². The minimum Gasteiger partial charge on any atom is -0.421 e. The largest absolute Gasteiger partial charge is 0.421 e. The van der Waals surface area contributed by atoms with Crippen molar-refractivity contribution in [3.8, 4) is 0 Å². The van der Waals surface area contributed by atoms with Crippen LogP contribution in [-0.2, 0) is 35.0 Å². The lowest BCUT2D eigenvalue weighted by atomic mass is 9.92. The van der Waals surface area contributed by atoms with Crippen molar-refractivity contribution in [1.29, 1.82) is 0 Å². The molecular formula is C21H16O8. The molecule has 0 aromatic heterocycles. The molecule has 2 aromatic carbocycles. The van der Waals surface area contributed by atoms with Gasteiger partial charge in [0.1, 0.15) is 0 Å². The van der Waals surface area contributed by atoms with Crippen molar-refractivity contribution in [3.63, 3.8) is 0 Å². The number of carbonyl (C=O) groups is 4. The van der Waals surface area contributed by atoms with Gasteiger partial charge in [0, 0.05) is 25.0 Å². The van der Waals surface area contributed by atoms with Gasteiger partial charge in [-0.2, -0.15) is 0 Å². The highest BCUT2D eigenvalue weighted by atomic mass is 16.7. The van der Waals surface area contributed by atoms with Crippen LogP contribution in [0.1, 0.15) is 69.4 Å². The van der Waals surface area contributed by atoms with Gasteiger partial charge in [0.25, 0.3) is 12.6 Å². The van der Waals surface area contributed by atoms with E-state index in [9.17, 15) is 19.2 Å². The maximum absolute atomic E-state index is 12.4. The van der Waals surface area contributed by atoms with Crippen LogP contribution >= 0.6 is 0 Å². The maximum atomic E-state index is 12.4. The zero-order chi connectivity index (χ0) is 20.7. The molecule has 0 fully saturated rings. The first-order valence-corrected chi connectivity index (χ1v) is 8.85. The van der Waals surface area contributed by atoms with Gasteiger partial charge in [-0.15, -0.1) is 0 Å². The van der Waals surface area contributed by atoms with Crippen LogP contribution in [0.2, 0.25) is 0 Å². The Bertz CT molecular complexity index is 971. The third-order valence-electron chi connectivity index (χ3n) is 4.64. The van der Waals surface area contributed by atoms with E-state index in [2.05, 4.69) is 0 Å². The van der Waals surface area contributed by atoms with E-state index < -0.39 is 36.5 Å². The molecule has 29 heavy (non-hydrogen) atoms. The summed E-state index contributed by atoms with van der Waals surface area (Å²) in [5.41, 5.74) is 2.74. The summed E-state index contributed by atoms with van der Waals surface area (Å²) in [5, 5.41) is 0. The minimum absolute atomic E-state index is 0.232. The fraction of sp³-hybridized carbons (Fsp3) is 0.238. The van der Waals surface area contributed by atoms with Gasteiger partial charge in [-0.05, 0) is 17.5 Å². The van der Waals surface area contributed by atoms with Gasteiger partial charge in [0.2, 0.25) is 0 Å².